The normalized spacial score (nSPS) is 16.9. The van der Waals surface area contributed by atoms with Crippen LogP contribution in [-0.4, -0.2) is 21.6 Å². The van der Waals surface area contributed by atoms with Crippen LogP contribution in [0.15, 0.2) is 46.5 Å². The first-order valence-electron chi connectivity index (χ1n) is 6.48. The van der Waals surface area contributed by atoms with Gasteiger partial charge in [0, 0.05) is 22.7 Å². The highest BCUT2D eigenvalue weighted by Crippen LogP contribution is 2.20. The van der Waals surface area contributed by atoms with Crippen molar-refractivity contribution in [3.8, 4) is 0 Å². The number of aromatic amines is 1. The molecule has 20 heavy (non-hydrogen) atoms. The van der Waals surface area contributed by atoms with E-state index < -0.39 is 0 Å². The monoisotopic (exact) mass is 284 g/mol. The standard InChI is InChI=1S/C15H16N4S/c1-10-8-13(11(2)16-10)14-9-20-15(19-18-14)17-12-6-4-3-5-7-12/h3-8,16H,9H2,1-2H3,(H,17,19). The first-order valence-corrected chi connectivity index (χ1v) is 7.46. The Bertz CT molecular complexity index is 670. The number of hydrazone groups is 1. The number of rotatable bonds is 2. The molecule has 5 heteroatoms. The number of aromatic nitrogens is 1. The number of nitrogens with zero attached hydrogens (tertiary/aromatic N) is 2. The lowest BCUT2D eigenvalue weighted by molar-refractivity contribution is 1.03. The van der Waals surface area contributed by atoms with Crippen molar-refractivity contribution >= 4 is 28.3 Å². The summed E-state index contributed by atoms with van der Waals surface area (Å²) in [6, 6.07) is 12.0. The molecule has 2 N–H and O–H groups in total. The Balaban J connectivity index is 1.78. The average Bonchev–Trinajstić information content (AvgIpc) is 2.80. The molecule has 0 radical (unpaired) electrons. The fourth-order valence-electron chi connectivity index (χ4n) is 2.16. The van der Waals surface area contributed by atoms with Gasteiger partial charge >= 0.3 is 0 Å². The molecule has 4 nitrogen and oxygen atoms in total. The molecular formula is C15H16N4S. The highest BCUT2D eigenvalue weighted by molar-refractivity contribution is 8.14. The number of H-pyrrole nitrogens is 1. The molecule has 0 aliphatic carbocycles. The topological polar surface area (TPSA) is 52.5 Å². The van der Waals surface area contributed by atoms with E-state index in [0.717, 1.165) is 33.7 Å². The molecule has 1 aliphatic rings. The maximum atomic E-state index is 4.53. The van der Waals surface area contributed by atoms with Gasteiger partial charge in [-0.2, -0.15) is 5.10 Å². The summed E-state index contributed by atoms with van der Waals surface area (Å²) < 4.78 is 0. The van der Waals surface area contributed by atoms with E-state index in [-0.39, 0.29) is 0 Å². The van der Waals surface area contributed by atoms with E-state index in [1.165, 1.54) is 5.56 Å². The SMILES string of the molecule is Cc1cc(C2=NNC(=Nc3ccccc3)SC2)c(C)[nH]1. The second kappa shape index (κ2) is 5.54. The van der Waals surface area contributed by atoms with Gasteiger partial charge in [-0.15, -0.1) is 0 Å². The predicted molar refractivity (Wildman–Crippen MR) is 85.9 cm³/mol. The smallest absolute Gasteiger partial charge is 0.182 e. The first kappa shape index (κ1) is 13.0. The van der Waals surface area contributed by atoms with Crippen molar-refractivity contribution in [3.63, 3.8) is 0 Å². The number of para-hydroxylation sites is 1. The third kappa shape index (κ3) is 2.77. The number of thioether (sulfide) groups is 1. The van der Waals surface area contributed by atoms with Crippen LogP contribution in [0.3, 0.4) is 0 Å². The summed E-state index contributed by atoms with van der Waals surface area (Å²) in [7, 11) is 0. The Morgan fingerprint density at radius 1 is 1.20 bits per heavy atom. The summed E-state index contributed by atoms with van der Waals surface area (Å²) in [4.78, 5) is 7.84. The number of aliphatic imine (C=N–C) groups is 1. The fourth-order valence-corrected chi connectivity index (χ4v) is 2.93. The van der Waals surface area contributed by atoms with Crippen LogP contribution < -0.4 is 5.43 Å². The highest BCUT2D eigenvalue weighted by atomic mass is 32.2. The average molecular weight is 284 g/mol. The summed E-state index contributed by atoms with van der Waals surface area (Å²) in [6.45, 7) is 4.13. The van der Waals surface area contributed by atoms with Gasteiger partial charge in [0.2, 0.25) is 0 Å². The molecular weight excluding hydrogens is 268 g/mol. The van der Waals surface area contributed by atoms with E-state index in [1.54, 1.807) is 11.8 Å². The Labute approximate surface area is 122 Å². The number of benzene rings is 1. The van der Waals surface area contributed by atoms with Crippen LogP contribution in [0.2, 0.25) is 0 Å². The number of aryl methyl sites for hydroxylation is 2. The minimum atomic E-state index is 0.830. The van der Waals surface area contributed by atoms with Crippen molar-refractivity contribution in [2.45, 2.75) is 13.8 Å². The summed E-state index contributed by atoms with van der Waals surface area (Å²) in [5.74, 6) is 0.830. The minimum Gasteiger partial charge on any atom is -0.362 e. The number of nitrogens with one attached hydrogen (secondary N) is 2. The molecule has 0 saturated heterocycles. The van der Waals surface area contributed by atoms with Crippen molar-refractivity contribution in [1.82, 2.24) is 10.4 Å². The second-order valence-corrected chi connectivity index (χ2v) is 5.67. The largest absolute Gasteiger partial charge is 0.362 e. The molecule has 0 fully saturated rings. The van der Waals surface area contributed by atoms with Gasteiger partial charge in [0.15, 0.2) is 5.17 Å². The molecule has 0 saturated carbocycles. The van der Waals surface area contributed by atoms with Crippen molar-refractivity contribution < 1.29 is 0 Å². The van der Waals surface area contributed by atoms with E-state index in [9.17, 15) is 0 Å². The van der Waals surface area contributed by atoms with Gasteiger partial charge in [0.1, 0.15) is 0 Å². The molecule has 1 aromatic heterocycles. The molecule has 3 rings (SSSR count). The summed E-state index contributed by atoms with van der Waals surface area (Å²) in [5.41, 5.74) is 8.54. The quantitative estimate of drug-likeness (QED) is 0.888. The number of hydrogen-bond donors (Lipinski definition) is 2. The molecule has 0 amide bonds. The Hall–Kier alpha value is -2.01. The molecule has 2 heterocycles. The fraction of sp³-hybridized carbons (Fsp3) is 0.200. The van der Waals surface area contributed by atoms with E-state index in [0.29, 0.717) is 0 Å². The van der Waals surface area contributed by atoms with Gasteiger partial charge in [0.05, 0.1) is 11.4 Å². The third-order valence-corrected chi connectivity index (χ3v) is 3.95. The number of amidine groups is 1. The molecule has 0 unspecified atom stereocenters. The zero-order valence-electron chi connectivity index (χ0n) is 11.5. The lowest BCUT2D eigenvalue weighted by atomic mass is 10.1. The highest BCUT2D eigenvalue weighted by Gasteiger charge is 2.16. The van der Waals surface area contributed by atoms with Crippen LogP contribution in [-0.2, 0) is 0 Å². The van der Waals surface area contributed by atoms with Crippen LogP contribution >= 0.6 is 11.8 Å². The molecule has 0 bridgehead atoms. The maximum absolute atomic E-state index is 4.53. The van der Waals surface area contributed by atoms with Crippen LogP contribution in [0, 0.1) is 13.8 Å². The summed E-state index contributed by atoms with van der Waals surface area (Å²) >= 11 is 1.67. The van der Waals surface area contributed by atoms with Gasteiger partial charge in [-0.25, -0.2) is 4.99 Å². The third-order valence-electron chi connectivity index (χ3n) is 3.08. The lowest BCUT2D eigenvalue weighted by Gasteiger charge is -2.14. The molecule has 0 spiro atoms. The van der Waals surface area contributed by atoms with Crippen molar-refractivity contribution in [2.75, 3.05) is 5.75 Å². The maximum Gasteiger partial charge on any atom is 0.182 e. The Morgan fingerprint density at radius 2 is 2.00 bits per heavy atom. The van der Waals surface area contributed by atoms with Crippen LogP contribution in [0.5, 0.6) is 0 Å². The van der Waals surface area contributed by atoms with Gasteiger partial charge in [-0.05, 0) is 32.0 Å². The van der Waals surface area contributed by atoms with E-state index in [2.05, 4.69) is 40.4 Å². The second-order valence-electron chi connectivity index (χ2n) is 4.70. The van der Waals surface area contributed by atoms with Gasteiger partial charge in [-0.1, -0.05) is 30.0 Å². The molecule has 1 aliphatic heterocycles. The van der Waals surface area contributed by atoms with E-state index >= 15 is 0 Å². The first-order chi connectivity index (χ1) is 9.72. The van der Waals surface area contributed by atoms with Crippen molar-refractivity contribution in [2.24, 2.45) is 10.1 Å². The summed E-state index contributed by atoms with van der Waals surface area (Å²) in [6.07, 6.45) is 0. The summed E-state index contributed by atoms with van der Waals surface area (Å²) in [5, 5.41) is 5.28. The predicted octanol–water partition coefficient (Wildman–Crippen LogP) is 3.36. The van der Waals surface area contributed by atoms with Gasteiger partial charge in [-0.3, -0.25) is 5.43 Å². The van der Waals surface area contributed by atoms with Gasteiger partial charge < -0.3 is 4.98 Å². The zero-order valence-corrected chi connectivity index (χ0v) is 12.3. The van der Waals surface area contributed by atoms with E-state index in [1.807, 2.05) is 30.3 Å². The van der Waals surface area contributed by atoms with Crippen molar-refractivity contribution in [1.29, 1.82) is 0 Å². The van der Waals surface area contributed by atoms with Gasteiger partial charge in [0.25, 0.3) is 0 Å². The molecule has 1 aromatic carbocycles. The lowest BCUT2D eigenvalue weighted by Crippen LogP contribution is -2.25. The van der Waals surface area contributed by atoms with Crippen LogP contribution in [0.1, 0.15) is 17.0 Å². The van der Waals surface area contributed by atoms with Crippen LogP contribution in [0.4, 0.5) is 5.69 Å². The molecule has 102 valence electrons. The molecule has 2 aromatic rings. The Kier molecular flexibility index (Phi) is 3.60. The van der Waals surface area contributed by atoms with Crippen LogP contribution in [0.25, 0.3) is 0 Å². The van der Waals surface area contributed by atoms with Crippen molar-refractivity contribution in [3.05, 3.63) is 53.3 Å². The minimum absolute atomic E-state index is 0.830. The Morgan fingerprint density at radius 3 is 2.60 bits per heavy atom. The number of hydrogen-bond acceptors (Lipinski definition) is 3. The zero-order chi connectivity index (χ0) is 13.9. The van der Waals surface area contributed by atoms with E-state index in [4.69, 9.17) is 0 Å². The molecule has 0 atom stereocenters.